The van der Waals surface area contributed by atoms with Gasteiger partial charge in [0.1, 0.15) is 5.75 Å². The topological polar surface area (TPSA) is 24.5 Å². The standard InChI is InChI=1S/C13H19BrN2O/c1-10-8-16(6-5-15-10)9-11-7-12(17-2)3-4-13(11)14/h3-4,7,10,15H,5-6,8-9H2,1-2H3/t10-/m1/s1. The van der Waals surface area contributed by atoms with Crippen molar-refractivity contribution in [1.29, 1.82) is 0 Å². The summed E-state index contributed by atoms with van der Waals surface area (Å²) in [6.07, 6.45) is 0. The predicted octanol–water partition coefficient (Wildman–Crippen LogP) is 2.25. The molecule has 0 aromatic heterocycles. The van der Waals surface area contributed by atoms with Crippen LogP contribution in [0.3, 0.4) is 0 Å². The van der Waals surface area contributed by atoms with Gasteiger partial charge in [-0.3, -0.25) is 4.90 Å². The third-order valence-electron chi connectivity index (χ3n) is 3.10. The Hall–Kier alpha value is -0.580. The molecule has 1 fully saturated rings. The first-order valence-electron chi connectivity index (χ1n) is 5.97. The Bertz CT molecular complexity index is 384. The van der Waals surface area contributed by atoms with E-state index in [9.17, 15) is 0 Å². The van der Waals surface area contributed by atoms with Crippen LogP contribution >= 0.6 is 15.9 Å². The first-order valence-corrected chi connectivity index (χ1v) is 6.76. The SMILES string of the molecule is COc1ccc(Br)c(CN2CCN[C@H](C)C2)c1. The Morgan fingerprint density at radius 2 is 2.35 bits per heavy atom. The second-order valence-electron chi connectivity index (χ2n) is 4.55. The fraction of sp³-hybridized carbons (Fsp3) is 0.538. The second kappa shape index (κ2) is 5.85. The van der Waals surface area contributed by atoms with E-state index in [2.05, 4.69) is 45.2 Å². The molecule has 0 amide bonds. The van der Waals surface area contributed by atoms with Gasteiger partial charge in [-0.15, -0.1) is 0 Å². The molecule has 1 N–H and O–H groups in total. The van der Waals surface area contributed by atoms with Gasteiger partial charge in [-0.05, 0) is 30.7 Å². The van der Waals surface area contributed by atoms with E-state index in [0.29, 0.717) is 6.04 Å². The number of nitrogens with one attached hydrogen (secondary N) is 1. The van der Waals surface area contributed by atoms with E-state index in [-0.39, 0.29) is 0 Å². The molecule has 0 aliphatic carbocycles. The van der Waals surface area contributed by atoms with Gasteiger partial charge in [0, 0.05) is 36.7 Å². The normalized spacial score (nSPS) is 21.5. The second-order valence-corrected chi connectivity index (χ2v) is 5.40. The molecule has 0 radical (unpaired) electrons. The molecule has 1 aromatic rings. The molecule has 17 heavy (non-hydrogen) atoms. The quantitative estimate of drug-likeness (QED) is 0.926. The van der Waals surface area contributed by atoms with Gasteiger partial charge < -0.3 is 10.1 Å². The van der Waals surface area contributed by atoms with Crippen molar-refractivity contribution in [1.82, 2.24) is 10.2 Å². The van der Waals surface area contributed by atoms with Gasteiger partial charge in [0.2, 0.25) is 0 Å². The largest absolute Gasteiger partial charge is 0.497 e. The Morgan fingerprint density at radius 1 is 1.53 bits per heavy atom. The molecule has 0 saturated carbocycles. The third kappa shape index (κ3) is 3.44. The van der Waals surface area contributed by atoms with Crippen LogP contribution in [-0.2, 0) is 6.54 Å². The van der Waals surface area contributed by atoms with Crippen LogP contribution in [0.15, 0.2) is 22.7 Å². The smallest absolute Gasteiger partial charge is 0.119 e. The lowest BCUT2D eigenvalue weighted by atomic mass is 10.1. The van der Waals surface area contributed by atoms with Gasteiger partial charge in [0.15, 0.2) is 0 Å². The van der Waals surface area contributed by atoms with Gasteiger partial charge in [0.05, 0.1) is 7.11 Å². The molecule has 1 saturated heterocycles. The maximum absolute atomic E-state index is 5.27. The van der Waals surface area contributed by atoms with Crippen molar-refractivity contribution in [3.63, 3.8) is 0 Å². The van der Waals surface area contributed by atoms with E-state index in [1.54, 1.807) is 7.11 Å². The van der Waals surface area contributed by atoms with Crippen molar-refractivity contribution in [3.05, 3.63) is 28.2 Å². The zero-order valence-electron chi connectivity index (χ0n) is 10.4. The van der Waals surface area contributed by atoms with Crippen molar-refractivity contribution in [3.8, 4) is 5.75 Å². The minimum Gasteiger partial charge on any atom is -0.497 e. The highest BCUT2D eigenvalue weighted by molar-refractivity contribution is 9.10. The van der Waals surface area contributed by atoms with Crippen LogP contribution in [0.25, 0.3) is 0 Å². The van der Waals surface area contributed by atoms with E-state index >= 15 is 0 Å². The number of rotatable bonds is 3. The Morgan fingerprint density at radius 3 is 3.06 bits per heavy atom. The zero-order chi connectivity index (χ0) is 12.3. The van der Waals surface area contributed by atoms with Crippen LogP contribution in [0.2, 0.25) is 0 Å². The number of ether oxygens (including phenoxy) is 1. The number of hydrogen-bond acceptors (Lipinski definition) is 3. The highest BCUT2D eigenvalue weighted by atomic mass is 79.9. The number of benzene rings is 1. The molecule has 1 atom stereocenters. The van der Waals surface area contributed by atoms with Crippen LogP contribution in [0.4, 0.5) is 0 Å². The lowest BCUT2D eigenvalue weighted by Gasteiger charge is -2.32. The molecular weight excluding hydrogens is 280 g/mol. The van der Waals surface area contributed by atoms with Gasteiger partial charge in [0.25, 0.3) is 0 Å². The fourth-order valence-electron chi connectivity index (χ4n) is 2.20. The van der Waals surface area contributed by atoms with Crippen LogP contribution in [-0.4, -0.2) is 37.7 Å². The van der Waals surface area contributed by atoms with Crippen LogP contribution in [0.5, 0.6) is 5.75 Å². The molecular formula is C13H19BrN2O. The molecule has 0 spiro atoms. The predicted molar refractivity (Wildman–Crippen MR) is 73.4 cm³/mol. The van der Waals surface area contributed by atoms with Crippen LogP contribution < -0.4 is 10.1 Å². The number of halogens is 1. The molecule has 0 bridgehead atoms. The van der Waals surface area contributed by atoms with Crippen LogP contribution in [0.1, 0.15) is 12.5 Å². The van der Waals surface area contributed by atoms with E-state index in [1.165, 1.54) is 5.56 Å². The molecule has 1 heterocycles. The van der Waals surface area contributed by atoms with Crippen molar-refractivity contribution in [2.45, 2.75) is 19.5 Å². The summed E-state index contributed by atoms with van der Waals surface area (Å²) in [7, 11) is 1.71. The number of piperazine rings is 1. The lowest BCUT2D eigenvalue weighted by molar-refractivity contribution is 0.199. The minimum absolute atomic E-state index is 0.577. The molecule has 1 aliphatic heterocycles. The van der Waals surface area contributed by atoms with Gasteiger partial charge in [-0.1, -0.05) is 15.9 Å². The highest BCUT2D eigenvalue weighted by Gasteiger charge is 2.16. The summed E-state index contributed by atoms with van der Waals surface area (Å²) in [6, 6.07) is 6.72. The molecule has 1 aromatic carbocycles. The summed E-state index contributed by atoms with van der Waals surface area (Å²) in [5, 5.41) is 3.46. The first kappa shape index (κ1) is 12.9. The minimum atomic E-state index is 0.577. The number of methoxy groups -OCH3 is 1. The maximum atomic E-state index is 5.27. The van der Waals surface area contributed by atoms with E-state index in [1.807, 2.05) is 6.07 Å². The van der Waals surface area contributed by atoms with E-state index < -0.39 is 0 Å². The molecule has 2 rings (SSSR count). The van der Waals surface area contributed by atoms with E-state index in [4.69, 9.17) is 4.74 Å². The average Bonchev–Trinajstić information content (AvgIpc) is 2.32. The monoisotopic (exact) mass is 298 g/mol. The molecule has 3 nitrogen and oxygen atoms in total. The summed E-state index contributed by atoms with van der Waals surface area (Å²) in [5.41, 5.74) is 1.29. The van der Waals surface area contributed by atoms with Crippen molar-refractivity contribution in [2.24, 2.45) is 0 Å². The van der Waals surface area contributed by atoms with Crippen LogP contribution in [0, 0.1) is 0 Å². The van der Waals surface area contributed by atoms with E-state index in [0.717, 1.165) is 36.4 Å². The summed E-state index contributed by atoms with van der Waals surface area (Å²) in [6.45, 7) is 6.48. The average molecular weight is 299 g/mol. The maximum Gasteiger partial charge on any atom is 0.119 e. The van der Waals surface area contributed by atoms with Crippen molar-refractivity contribution in [2.75, 3.05) is 26.7 Å². The number of nitrogens with zero attached hydrogens (tertiary/aromatic N) is 1. The molecule has 1 aliphatic rings. The Kier molecular flexibility index (Phi) is 4.42. The third-order valence-corrected chi connectivity index (χ3v) is 3.87. The zero-order valence-corrected chi connectivity index (χ0v) is 12.0. The summed E-state index contributed by atoms with van der Waals surface area (Å²) < 4.78 is 6.43. The molecule has 0 unspecified atom stereocenters. The molecule has 94 valence electrons. The van der Waals surface area contributed by atoms with Gasteiger partial charge in [-0.25, -0.2) is 0 Å². The summed E-state index contributed by atoms with van der Waals surface area (Å²) in [4.78, 5) is 2.47. The number of hydrogen-bond donors (Lipinski definition) is 1. The van der Waals surface area contributed by atoms with Gasteiger partial charge in [-0.2, -0.15) is 0 Å². The summed E-state index contributed by atoms with van der Waals surface area (Å²) in [5.74, 6) is 0.923. The van der Waals surface area contributed by atoms with Gasteiger partial charge >= 0.3 is 0 Å². The highest BCUT2D eigenvalue weighted by Crippen LogP contribution is 2.24. The first-order chi connectivity index (χ1) is 8.19. The fourth-order valence-corrected chi connectivity index (χ4v) is 2.57. The molecule has 4 heteroatoms. The Labute approximate surface area is 111 Å². The Balaban J connectivity index is 2.06. The van der Waals surface area contributed by atoms with Crippen molar-refractivity contribution >= 4 is 15.9 Å². The summed E-state index contributed by atoms with van der Waals surface area (Å²) >= 11 is 3.60. The van der Waals surface area contributed by atoms with Crippen molar-refractivity contribution < 1.29 is 4.74 Å². The lowest BCUT2D eigenvalue weighted by Crippen LogP contribution is -2.48.